The zero-order chi connectivity index (χ0) is 15.7. The third kappa shape index (κ3) is 3.09. The number of benzene rings is 2. The van der Waals surface area contributed by atoms with Crippen LogP contribution in [0.5, 0.6) is 0 Å². The van der Waals surface area contributed by atoms with Gasteiger partial charge in [0.2, 0.25) is 0 Å². The van der Waals surface area contributed by atoms with Crippen molar-refractivity contribution in [2.75, 3.05) is 6.61 Å². The van der Waals surface area contributed by atoms with Crippen LogP contribution in [0.15, 0.2) is 36.4 Å². The van der Waals surface area contributed by atoms with Gasteiger partial charge in [0.15, 0.2) is 5.78 Å². The summed E-state index contributed by atoms with van der Waals surface area (Å²) in [6.07, 6.45) is 1.03. The summed E-state index contributed by atoms with van der Waals surface area (Å²) in [6.45, 7) is 2.45. The van der Waals surface area contributed by atoms with E-state index in [1.807, 2.05) is 31.2 Å². The molecule has 0 amide bonds. The van der Waals surface area contributed by atoms with Gasteiger partial charge in [-0.2, -0.15) is 0 Å². The Morgan fingerprint density at radius 2 is 2.14 bits per heavy atom. The van der Waals surface area contributed by atoms with Crippen LogP contribution in [0.3, 0.4) is 0 Å². The monoisotopic (exact) mass is 314 g/mol. The third-order valence-corrected chi connectivity index (χ3v) is 4.23. The maximum atomic E-state index is 12.4. The molecule has 1 aliphatic heterocycles. The summed E-state index contributed by atoms with van der Waals surface area (Å²) in [5.74, 6) is -0.0313. The molecule has 1 heterocycles. The topological polar surface area (TPSA) is 46.5 Å². The van der Waals surface area contributed by atoms with Crippen molar-refractivity contribution in [2.45, 2.75) is 19.8 Å². The molecule has 5 heteroatoms. The minimum absolute atomic E-state index is 0.0313. The molecule has 0 saturated heterocycles. The Kier molecular flexibility index (Phi) is 4.34. The van der Waals surface area contributed by atoms with Crippen molar-refractivity contribution in [3.63, 3.8) is 0 Å². The van der Waals surface area contributed by atoms with Crippen LogP contribution in [0.1, 0.15) is 27.0 Å². The highest BCUT2D eigenvalue weighted by Gasteiger charge is 2.25. The van der Waals surface area contributed by atoms with Crippen LogP contribution < -0.4 is 5.46 Å². The Hall–Kier alpha value is -1.62. The first kappa shape index (κ1) is 15.3. The maximum absolute atomic E-state index is 12.4. The quantitative estimate of drug-likeness (QED) is 0.699. The smallest absolute Gasteiger partial charge is 0.423 e. The average molecular weight is 315 g/mol. The predicted octanol–water partition coefficient (Wildman–Crippen LogP) is 2.33. The van der Waals surface area contributed by atoms with Crippen molar-refractivity contribution in [2.24, 2.45) is 0 Å². The number of carbonyl (C=O) groups is 1. The zero-order valence-corrected chi connectivity index (χ0v) is 13.1. The second kappa shape index (κ2) is 6.25. The predicted molar refractivity (Wildman–Crippen MR) is 87.9 cm³/mol. The van der Waals surface area contributed by atoms with E-state index >= 15 is 0 Å². The maximum Gasteiger partial charge on any atom is 0.491 e. The van der Waals surface area contributed by atoms with Crippen LogP contribution in [0, 0.1) is 6.92 Å². The van der Waals surface area contributed by atoms with E-state index in [1.54, 1.807) is 12.1 Å². The first-order valence-corrected chi connectivity index (χ1v) is 7.63. The van der Waals surface area contributed by atoms with Gasteiger partial charge in [-0.1, -0.05) is 35.9 Å². The molecule has 0 aromatic heterocycles. The molecular weight excluding hydrogens is 298 g/mol. The highest BCUT2D eigenvalue weighted by atomic mass is 35.5. The summed E-state index contributed by atoms with van der Waals surface area (Å²) in [5, 5.41) is 10.4. The van der Waals surface area contributed by atoms with Crippen molar-refractivity contribution < 1.29 is 14.5 Å². The molecule has 112 valence electrons. The Labute approximate surface area is 135 Å². The summed E-state index contributed by atoms with van der Waals surface area (Å²) in [5.41, 5.74) is 4.23. The number of fused-ring (bicyclic) bond motifs is 1. The van der Waals surface area contributed by atoms with E-state index in [9.17, 15) is 9.82 Å². The summed E-state index contributed by atoms with van der Waals surface area (Å²) in [7, 11) is -0.901. The van der Waals surface area contributed by atoms with Gasteiger partial charge in [-0.05, 0) is 47.6 Å². The standard InChI is InChI=1S/C17H16BClO3/c1-11-2-5-14(16(19)8-11)17(20)10-12-3-4-13-6-7-22-18(21)15(13)9-12/h2-5,8-9,21H,6-7,10H2,1H3. The summed E-state index contributed by atoms with van der Waals surface area (Å²) in [6, 6.07) is 11.2. The summed E-state index contributed by atoms with van der Waals surface area (Å²) in [4.78, 5) is 12.4. The van der Waals surface area contributed by atoms with Gasteiger partial charge in [-0.25, -0.2) is 0 Å². The van der Waals surface area contributed by atoms with Gasteiger partial charge in [0.1, 0.15) is 0 Å². The Morgan fingerprint density at radius 1 is 1.32 bits per heavy atom. The molecule has 0 unspecified atom stereocenters. The minimum atomic E-state index is -0.901. The molecule has 2 aromatic rings. The lowest BCUT2D eigenvalue weighted by atomic mass is 9.73. The Balaban J connectivity index is 1.84. The van der Waals surface area contributed by atoms with Gasteiger partial charge in [-0.15, -0.1) is 0 Å². The number of rotatable bonds is 3. The Bertz CT molecular complexity index is 730. The highest BCUT2D eigenvalue weighted by molar-refractivity contribution is 6.60. The lowest BCUT2D eigenvalue weighted by Gasteiger charge is -2.19. The highest BCUT2D eigenvalue weighted by Crippen LogP contribution is 2.20. The molecule has 0 aliphatic carbocycles. The molecule has 3 rings (SSSR count). The van der Waals surface area contributed by atoms with Crippen molar-refractivity contribution in [1.29, 1.82) is 0 Å². The van der Waals surface area contributed by atoms with Crippen molar-refractivity contribution in [3.8, 4) is 0 Å². The third-order valence-electron chi connectivity index (χ3n) is 3.91. The van der Waals surface area contributed by atoms with Crippen LogP contribution in [-0.4, -0.2) is 24.5 Å². The fraction of sp³-hybridized carbons (Fsp3) is 0.235. The van der Waals surface area contributed by atoms with E-state index in [0.717, 1.165) is 28.6 Å². The number of hydrogen-bond donors (Lipinski definition) is 1. The lowest BCUT2D eigenvalue weighted by molar-refractivity contribution is 0.0993. The molecule has 0 spiro atoms. The second-order valence-electron chi connectivity index (χ2n) is 5.59. The van der Waals surface area contributed by atoms with Crippen molar-refractivity contribution in [3.05, 3.63) is 63.7 Å². The van der Waals surface area contributed by atoms with Crippen LogP contribution in [0.25, 0.3) is 0 Å². The fourth-order valence-corrected chi connectivity index (χ4v) is 3.05. The zero-order valence-electron chi connectivity index (χ0n) is 12.3. The minimum Gasteiger partial charge on any atom is -0.423 e. The van der Waals surface area contributed by atoms with E-state index < -0.39 is 7.12 Å². The van der Waals surface area contributed by atoms with Crippen LogP contribution >= 0.6 is 11.6 Å². The molecule has 0 saturated carbocycles. The Morgan fingerprint density at radius 3 is 2.91 bits per heavy atom. The molecule has 22 heavy (non-hydrogen) atoms. The van der Waals surface area contributed by atoms with E-state index in [1.165, 1.54) is 0 Å². The largest absolute Gasteiger partial charge is 0.491 e. The molecule has 3 nitrogen and oxygen atoms in total. The fourth-order valence-electron chi connectivity index (χ4n) is 2.71. The number of Topliss-reactive ketones (excluding diaryl/α,β-unsaturated/α-hetero) is 1. The van der Waals surface area contributed by atoms with Gasteiger partial charge in [0, 0.05) is 18.6 Å². The number of carbonyl (C=O) groups excluding carboxylic acids is 1. The van der Waals surface area contributed by atoms with Gasteiger partial charge in [-0.3, -0.25) is 4.79 Å². The van der Waals surface area contributed by atoms with E-state index in [0.29, 0.717) is 17.2 Å². The number of halogens is 1. The SMILES string of the molecule is Cc1ccc(C(=O)Cc2ccc3c(c2)B(O)OCC3)c(Cl)c1. The first-order valence-electron chi connectivity index (χ1n) is 7.25. The normalized spacial score (nSPS) is 13.9. The lowest BCUT2D eigenvalue weighted by Crippen LogP contribution is -2.41. The van der Waals surface area contributed by atoms with Crippen molar-refractivity contribution in [1.82, 2.24) is 0 Å². The molecule has 0 atom stereocenters. The van der Waals surface area contributed by atoms with Crippen LogP contribution in [-0.2, 0) is 17.5 Å². The van der Waals surface area contributed by atoms with Crippen molar-refractivity contribution >= 4 is 30.0 Å². The summed E-state index contributed by atoms with van der Waals surface area (Å²) < 4.78 is 5.23. The van der Waals surface area contributed by atoms with Crippen LogP contribution in [0.4, 0.5) is 0 Å². The first-order chi connectivity index (χ1) is 10.5. The molecule has 0 fully saturated rings. The average Bonchev–Trinajstić information content (AvgIpc) is 2.48. The molecular formula is C17H16BClO3. The van der Waals surface area contributed by atoms with Crippen LogP contribution in [0.2, 0.25) is 5.02 Å². The molecule has 2 aromatic carbocycles. The van der Waals surface area contributed by atoms with E-state index in [-0.39, 0.29) is 12.2 Å². The molecule has 1 aliphatic rings. The second-order valence-corrected chi connectivity index (χ2v) is 6.00. The molecule has 1 N–H and O–H groups in total. The number of aryl methyl sites for hydroxylation is 1. The summed E-state index contributed by atoms with van der Waals surface area (Å²) >= 11 is 6.15. The van der Waals surface area contributed by atoms with Gasteiger partial charge < -0.3 is 9.68 Å². The van der Waals surface area contributed by atoms with Gasteiger partial charge in [0.25, 0.3) is 0 Å². The van der Waals surface area contributed by atoms with Gasteiger partial charge in [0.05, 0.1) is 5.02 Å². The molecule has 0 bridgehead atoms. The number of ketones is 1. The van der Waals surface area contributed by atoms with E-state index in [4.69, 9.17) is 16.3 Å². The number of hydrogen-bond acceptors (Lipinski definition) is 3. The van der Waals surface area contributed by atoms with Gasteiger partial charge >= 0.3 is 7.12 Å². The van der Waals surface area contributed by atoms with E-state index in [2.05, 4.69) is 0 Å². The molecule has 0 radical (unpaired) electrons.